The van der Waals surface area contributed by atoms with Crippen molar-refractivity contribution in [1.82, 2.24) is 15.0 Å². The summed E-state index contributed by atoms with van der Waals surface area (Å²) in [6.07, 6.45) is 0. The number of nitrogens with zero attached hydrogens (tertiary/aromatic N) is 3. The van der Waals surface area contributed by atoms with Crippen molar-refractivity contribution in [1.29, 1.82) is 0 Å². The molecule has 1 aromatic heterocycles. The summed E-state index contributed by atoms with van der Waals surface area (Å²) in [5, 5.41) is 6.75. The second-order valence-corrected chi connectivity index (χ2v) is 6.23. The van der Waals surface area contributed by atoms with Gasteiger partial charge in [-0.25, -0.2) is 0 Å². The van der Waals surface area contributed by atoms with Gasteiger partial charge >= 0.3 is 6.01 Å². The average Bonchev–Trinajstić information content (AvgIpc) is 2.45. The van der Waals surface area contributed by atoms with Crippen molar-refractivity contribution < 1.29 is 4.74 Å². The molecule has 1 unspecified atom stereocenters. The summed E-state index contributed by atoms with van der Waals surface area (Å²) in [6.45, 7) is 0.869. The quantitative estimate of drug-likeness (QED) is 0.836. The van der Waals surface area contributed by atoms with Crippen LogP contribution >= 0.6 is 23.5 Å². The number of ether oxygens (including phenoxy) is 1. The van der Waals surface area contributed by atoms with Gasteiger partial charge in [-0.15, -0.1) is 0 Å². The van der Waals surface area contributed by atoms with E-state index in [-0.39, 0.29) is 0 Å². The maximum atomic E-state index is 5.04. The van der Waals surface area contributed by atoms with Crippen LogP contribution in [0.3, 0.4) is 0 Å². The normalized spacial score (nSPS) is 19.3. The lowest BCUT2D eigenvalue weighted by atomic mass is 10.5. The summed E-state index contributed by atoms with van der Waals surface area (Å²) < 4.78 is 5.04. The molecule has 1 aliphatic heterocycles. The second-order valence-electron chi connectivity index (χ2n) is 3.67. The number of hydrogen-bond donors (Lipinski definition) is 2. The van der Waals surface area contributed by atoms with Gasteiger partial charge < -0.3 is 15.4 Å². The van der Waals surface area contributed by atoms with Crippen LogP contribution in [0.25, 0.3) is 0 Å². The van der Waals surface area contributed by atoms with Crippen molar-refractivity contribution in [3.05, 3.63) is 0 Å². The number of anilines is 2. The minimum Gasteiger partial charge on any atom is -0.467 e. The first-order chi connectivity index (χ1) is 8.81. The molecule has 2 rings (SSSR count). The maximum Gasteiger partial charge on any atom is 0.322 e. The fraction of sp³-hybridized carbons (Fsp3) is 0.700. The molecule has 1 fully saturated rings. The molecule has 0 amide bonds. The minimum atomic E-state index is 0.322. The summed E-state index contributed by atoms with van der Waals surface area (Å²) in [6, 6.07) is 0.322. The molecule has 0 bridgehead atoms. The molecule has 8 heteroatoms. The third kappa shape index (κ3) is 3.81. The molecule has 0 saturated carbocycles. The molecule has 0 aromatic carbocycles. The Balaban J connectivity index is 1.94. The van der Waals surface area contributed by atoms with Crippen molar-refractivity contribution in [3.8, 4) is 6.01 Å². The van der Waals surface area contributed by atoms with E-state index in [4.69, 9.17) is 4.74 Å². The Hall–Kier alpha value is -0.890. The van der Waals surface area contributed by atoms with Crippen molar-refractivity contribution in [2.45, 2.75) is 5.25 Å². The van der Waals surface area contributed by atoms with Gasteiger partial charge in [-0.05, 0) is 0 Å². The van der Waals surface area contributed by atoms with Crippen molar-refractivity contribution >= 4 is 35.4 Å². The van der Waals surface area contributed by atoms with Crippen LogP contribution in [0.5, 0.6) is 6.01 Å². The van der Waals surface area contributed by atoms with E-state index in [1.165, 1.54) is 17.3 Å². The summed E-state index contributed by atoms with van der Waals surface area (Å²) in [5.41, 5.74) is 0. The summed E-state index contributed by atoms with van der Waals surface area (Å²) >= 11 is 4.00. The monoisotopic (exact) mass is 287 g/mol. The smallest absolute Gasteiger partial charge is 0.322 e. The number of aromatic nitrogens is 3. The van der Waals surface area contributed by atoms with Crippen LogP contribution in [0.2, 0.25) is 0 Å². The van der Waals surface area contributed by atoms with E-state index in [0.717, 1.165) is 6.54 Å². The predicted molar refractivity (Wildman–Crippen MR) is 78.0 cm³/mol. The fourth-order valence-corrected chi connectivity index (χ4v) is 4.11. The Kier molecular flexibility index (Phi) is 5.18. The van der Waals surface area contributed by atoms with Crippen LogP contribution in [-0.4, -0.2) is 58.2 Å². The zero-order chi connectivity index (χ0) is 12.8. The molecule has 18 heavy (non-hydrogen) atoms. The highest BCUT2D eigenvalue weighted by atomic mass is 32.2. The largest absolute Gasteiger partial charge is 0.467 e. The summed E-state index contributed by atoms with van der Waals surface area (Å²) in [4.78, 5) is 12.5. The Morgan fingerprint density at radius 1 is 1.28 bits per heavy atom. The van der Waals surface area contributed by atoms with Gasteiger partial charge in [-0.3, -0.25) is 0 Å². The van der Waals surface area contributed by atoms with Crippen molar-refractivity contribution in [3.63, 3.8) is 0 Å². The van der Waals surface area contributed by atoms with E-state index < -0.39 is 0 Å². The Morgan fingerprint density at radius 2 is 2.11 bits per heavy atom. The molecule has 2 N–H and O–H groups in total. The van der Waals surface area contributed by atoms with Crippen LogP contribution in [-0.2, 0) is 0 Å². The van der Waals surface area contributed by atoms with Gasteiger partial charge in [-0.1, -0.05) is 0 Å². The highest BCUT2D eigenvalue weighted by Gasteiger charge is 2.15. The fourth-order valence-electron chi connectivity index (χ4n) is 1.50. The molecular formula is C10H17N5OS2. The van der Waals surface area contributed by atoms with Gasteiger partial charge in [0, 0.05) is 36.1 Å². The average molecular weight is 287 g/mol. The number of hydrogen-bond acceptors (Lipinski definition) is 8. The van der Waals surface area contributed by atoms with E-state index >= 15 is 0 Å². The molecular weight excluding hydrogens is 270 g/mol. The Morgan fingerprint density at radius 3 is 2.78 bits per heavy atom. The van der Waals surface area contributed by atoms with E-state index in [1.54, 1.807) is 14.2 Å². The van der Waals surface area contributed by atoms with Crippen LogP contribution < -0.4 is 15.4 Å². The minimum absolute atomic E-state index is 0.322. The molecule has 0 spiro atoms. The molecule has 6 nitrogen and oxygen atoms in total. The van der Waals surface area contributed by atoms with Gasteiger partial charge in [0.25, 0.3) is 0 Å². The van der Waals surface area contributed by atoms with Crippen LogP contribution in [0.4, 0.5) is 11.9 Å². The molecule has 100 valence electrons. The summed E-state index contributed by atoms with van der Waals surface area (Å²) in [7, 11) is 3.32. The molecule has 0 radical (unpaired) electrons. The zero-order valence-electron chi connectivity index (χ0n) is 10.5. The third-order valence-electron chi connectivity index (χ3n) is 2.39. The highest BCUT2D eigenvalue weighted by Crippen LogP contribution is 2.24. The Bertz CT molecular complexity index is 364. The van der Waals surface area contributed by atoms with Gasteiger partial charge in [0.15, 0.2) is 0 Å². The van der Waals surface area contributed by atoms with Crippen molar-refractivity contribution in [2.75, 3.05) is 48.6 Å². The second kappa shape index (κ2) is 6.89. The number of nitrogens with one attached hydrogen (secondary N) is 2. The first-order valence-corrected chi connectivity index (χ1v) is 7.93. The lowest BCUT2D eigenvalue weighted by Gasteiger charge is -2.21. The van der Waals surface area contributed by atoms with E-state index in [0.29, 0.717) is 23.2 Å². The molecule has 1 aliphatic rings. The van der Waals surface area contributed by atoms with Crippen LogP contribution in [0.15, 0.2) is 0 Å². The van der Waals surface area contributed by atoms with Gasteiger partial charge in [-0.2, -0.15) is 38.5 Å². The molecule has 0 aliphatic carbocycles. The first-order valence-electron chi connectivity index (χ1n) is 5.73. The number of rotatable bonds is 5. The maximum absolute atomic E-state index is 5.04. The molecule has 1 atom stereocenters. The van der Waals surface area contributed by atoms with E-state index in [2.05, 4.69) is 25.6 Å². The first kappa shape index (κ1) is 13.5. The lowest BCUT2D eigenvalue weighted by Crippen LogP contribution is -2.24. The zero-order valence-corrected chi connectivity index (χ0v) is 12.1. The third-order valence-corrected chi connectivity index (χ3v) is 5.24. The SMILES string of the molecule is CNc1nc(NCC2CSCCS2)nc(OC)n1. The van der Waals surface area contributed by atoms with Crippen LogP contribution in [0.1, 0.15) is 0 Å². The van der Waals surface area contributed by atoms with Crippen molar-refractivity contribution in [2.24, 2.45) is 0 Å². The van der Waals surface area contributed by atoms with Gasteiger partial charge in [0.05, 0.1) is 7.11 Å². The van der Waals surface area contributed by atoms with Crippen LogP contribution in [0, 0.1) is 0 Å². The van der Waals surface area contributed by atoms with Gasteiger partial charge in [0.2, 0.25) is 11.9 Å². The predicted octanol–water partition coefficient (Wildman–Crippen LogP) is 1.18. The molecule has 1 aromatic rings. The topological polar surface area (TPSA) is 72.0 Å². The summed E-state index contributed by atoms with van der Waals surface area (Å²) in [5.74, 6) is 4.72. The Labute approximate surface area is 115 Å². The number of thioether (sulfide) groups is 2. The molecule has 2 heterocycles. The number of methoxy groups -OCH3 is 1. The standard InChI is InChI=1S/C10H17N5OS2/c1-11-8-13-9(15-10(14-8)16-2)12-5-7-6-17-3-4-18-7/h7H,3-6H2,1-2H3,(H2,11,12,13,14,15). The highest BCUT2D eigenvalue weighted by molar-refractivity contribution is 8.06. The van der Waals surface area contributed by atoms with E-state index in [1.807, 2.05) is 23.5 Å². The molecule has 1 saturated heterocycles. The van der Waals surface area contributed by atoms with Gasteiger partial charge in [0.1, 0.15) is 0 Å². The van der Waals surface area contributed by atoms with E-state index in [9.17, 15) is 0 Å². The lowest BCUT2D eigenvalue weighted by molar-refractivity contribution is 0.379.